The molecule has 11 nitrogen and oxygen atoms in total. The van der Waals surface area contributed by atoms with E-state index in [1.807, 2.05) is 0 Å². The van der Waals surface area contributed by atoms with Gasteiger partial charge in [-0.15, -0.1) is 0 Å². The fraction of sp³-hybridized carbons (Fsp3) is 0.586. The molecule has 0 bridgehead atoms. The van der Waals surface area contributed by atoms with Crippen LogP contribution in [0.15, 0.2) is 36.9 Å². The maximum Gasteiger partial charge on any atom is 0.335 e. The molecule has 3 N–H and O–H groups in total. The molecular formula is C29H43ClN6O5Si2. The van der Waals surface area contributed by atoms with Gasteiger partial charge in [0, 0.05) is 10.6 Å². The summed E-state index contributed by atoms with van der Waals surface area (Å²) >= 11 is 6.24. The second-order valence-corrected chi connectivity index (χ2v) is 22.0. The van der Waals surface area contributed by atoms with Crippen molar-refractivity contribution in [2.75, 3.05) is 12.3 Å². The molecular weight excluding hydrogens is 604 g/mol. The standard InChI is InChI=1S/C29H43ClN6O5Si2/c1-16(2)42(17(3)4)38-13-22-25(40-43(41-42,18(5)6)19(7)8)23(35-28(37)20-10-9-11-21(30)12-20)29(39-22)36-15-34-24-26(31)32-14-33-27(24)36/h9-12,14-19,22-23,25,29H,13H2,1-8H3,(H,35,37)(H2,31,32,33)/t22-,23-,25-,29-/m1/s1. The van der Waals surface area contributed by atoms with Crippen LogP contribution in [0.25, 0.3) is 11.2 Å². The summed E-state index contributed by atoms with van der Waals surface area (Å²) in [6.07, 6.45) is 1.21. The zero-order chi connectivity index (χ0) is 31.3. The number of hydrogen-bond acceptors (Lipinski definition) is 9. The molecule has 4 atom stereocenters. The number of nitrogens with one attached hydrogen (secondary N) is 1. The van der Waals surface area contributed by atoms with Gasteiger partial charge in [0.1, 0.15) is 30.1 Å². The molecule has 0 saturated carbocycles. The molecule has 3 aromatic rings. The Balaban J connectivity index is 1.64. The number of halogens is 1. The van der Waals surface area contributed by atoms with E-state index in [1.54, 1.807) is 35.2 Å². The quantitative estimate of drug-likeness (QED) is 0.309. The summed E-state index contributed by atoms with van der Waals surface area (Å²) in [4.78, 5) is 26.7. The Kier molecular flexibility index (Phi) is 9.07. The molecule has 1 aromatic carbocycles. The van der Waals surface area contributed by atoms with E-state index in [4.69, 9.17) is 35.0 Å². The van der Waals surface area contributed by atoms with E-state index >= 15 is 0 Å². The van der Waals surface area contributed by atoms with Crippen LogP contribution in [0, 0.1) is 0 Å². The summed E-state index contributed by atoms with van der Waals surface area (Å²) in [5.74, 6) is -0.0433. The number of nitrogens with zero attached hydrogens (tertiary/aromatic N) is 4. The number of ether oxygens (including phenoxy) is 1. The predicted octanol–water partition coefficient (Wildman–Crippen LogP) is 5.71. The van der Waals surface area contributed by atoms with Crippen molar-refractivity contribution in [2.24, 2.45) is 0 Å². The number of fused-ring (bicyclic) bond motifs is 2. The third-order valence-corrected chi connectivity index (χ3v) is 19.2. The van der Waals surface area contributed by atoms with Gasteiger partial charge in [0.05, 0.1) is 12.9 Å². The molecule has 14 heteroatoms. The predicted molar refractivity (Wildman–Crippen MR) is 170 cm³/mol. The van der Waals surface area contributed by atoms with E-state index < -0.39 is 41.6 Å². The molecule has 5 rings (SSSR count). The lowest BCUT2D eigenvalue weighted by Gasteiger charge is -2.51. The van der Waals surface area contributed by atoms with Crippen molar-refractivity contribution in [1.29, 1.82) is 0 Å². The third kappa shape index (κ3) is 5.64. The first kappa shape index (κ1) is 32.0. The number of benzene rings is 1. The second-order valence-electron chi connectivity index (χ2n) is 12.7. The van der Waals surface area contributed by atoms with Gasteiger partial charge in [-0.25, -0.2) is 15.0 Å². The normalized spacial score (nSPS) is 25.3. The number of aromatic nitrogens is 4. The lowest BCUT2D eigenvalue weighted by atomic mass is 10.1. The summed E-state index contributed by atoms with van der Waals surface area (Å²) in [6, 6.07) is 6.19. The van der Waals surface area contributed by atoms with Crippen LogP contribution in [0.5, 0.6) is 0 Å². The van der Waals surface area contributed by atoms with Gasteiger partial charge in [-0.2, -0.15) is 0 Å². The molecule has 2 saturated heterocycles. The first-order chi connectivity index (χ1) is 20.3. The van der Waals surface area contributed by atoms with Crippen LogP contribution in [0.2, 0.25) is 27.2 Å². The number of carbonyl (C=O) groups excluding carboxylic acids is 1. The minimum absolute atomic E-state index is 0.101. The van der Waals surface area contributed by atoms with Gasteiger partial charge in [0.25, 0.3) is 5.91 Å². The van der Waals surface area contributed by atoms with Crippen LogP contribution in [0.4, 0.5) is 5.82 Å². The number of anilines is 1. The lowest BCUT2D eigenvalue weighted by Crippen LogP contribution is -2.66. The Morgan fingerprint density at radius 3 is 2.33 bits per heavy atom. The van der Waals surface area contributed by atoms with Crippen molar-refractivity contribution >= 4 is 51.6 Å². The molecule has 2 aromatic heterocycles. The van der Waals surface area contributed by atoms with Gasteiger partial charge in [-0.1, -0.05) is 73.1 Å². The third-order valence-electron chi connectivity index (χ3n) is 8.72. The first-order valence-electron chi connectivity index (χ1n) is 15.0. The van der Waals surface area contributed by atoms with Crippen LogP contribution >= 0.6 is 11.6 Å². The molecule has 2 fully saturated rings. The van der Waals surface area contributed by atoms with Crippen molar-refractivity contribution in [2.45, 2.75) is 102 Å². The van der Waals surface area contributed by atoms with Crippen LogP contribution < -0.4 is 11.1 Å². The molecule has 1 amide bonds. The molecule has 2 aliphatic rings. The maximum absolute atomic E-state index is 13.7. The van der Waals surface area contributed by atoms with Crippen molar-refractivity contribution in [1.82, 2.24) is 24.8 Å². The Labute approximate surface area is 260 Å². The summed E-state index contributed by atoms with van der Waals surface area (Å²) in [5.41, 5.74) is 8.07. The van der Waals surface area contributed by atoms with Gasteiger partial charge in [-0.3, -0.25) is 9.36 Å². The number of amides is 1. The average Bonchev–Trinajstić information content (AvgIpc) is 3.50. The van der Waals surface area contributed by atoms with E-state index in [9.17, 15) is 4.79 Å². The zero-order valence-electron chi connectivity index (χ0n) is 26.1. The summed E-state index contributed by atoms with van der Waals surface area (Å²) in [6.45, 7) is 17.6. The van der Waals surface area contributed by atoms with E-state index in [2.05, 4.69) is 75.7 Å². The highest BCUT2D eigenvalue weighted by Crippen LogP contribution is 2.48. The highest BCUT2D eigenvalue weighted by molar-refractivity contribution is 6.84. The van der Waals surface area contributed by atoms with Crippen LogP contribution in [-0.4, -0.2) is 67.4 Å². The Bertz CT molecular complexity index is 1450. The fourth-order valence-electron chi connectivity index (χ4n) is 6.47. The number of imidazole rings is 1. The minimum Gasteiger partial charge on any atom is -0.414 e. The molecule has 0 radical (unpaired) electrons. The molecule has 0 unspecified atom stereocenters. The minimum atomic E-state index is -3.01. The van der Waals surface area contributed by atoms with Crippen LogP contribution in [0.3, 0.4) is 0 Å². The van der Waals surface area contributed by atoms with Crippen LogP contribution in [0.1, 0.15) is 72.0 Å². The second kappa shape index (κ2) is 12.2. The maximum atomic E-state index is 13.7. The topological polar surface area (TPSA) is 136 Å². The van der Waals surface area contributed by atoms with Gasteiger partial charge in [-0.05, 0) is 40.4 Å². The zero-order valence-corrected chi connectivity index (χ0v) is 28.8. The summed E-state index contributed by atoms with van der Waals surface area (Å²) in [5, 5.41) is 3.69. The first-order valence-corrected chi connectivity index (χ1v) is 19.3. The lowest BCUT2D eigenvalue weighted by molar-refractivity contribution is -0.0547. The summed E-state index contributed by atoms with van der Waals surface area (Å²) < 4.78 is 30.2. The Morgan fingerprint density at radius 1 is 1.02 bits per heavy atom. The van der Waals surface area contributed by atoms with Gasteiger partial charge >= 0.3 is 17.1 Å². The molecule has 4 heterocycles. The number of nitrogen functional groups attached to an aromatic ring is 1. The van der Waals surface area contributed by atoms with E-state index in [0.717, 1.165) is 0 Å². The van der Waals surface area contributed by atoms with E-state index in [1.165, 1.54) is 6.33 Å². The monoisotopic (exact) mass is 646 g/mol. The molecule has 2 aliphatic heterocycles. The van der Waals surface area contributed by atoms with Gasteiger partial charge < -0.3 is 28.8 Å². The number of carbonyl (C=O) groups is 1. The van der Waals surface area contributed by atoms with Crippen molar-refractivity contribution < 1.29 is 22.5 Å². The van der Waals surface area contributed by atoms with Crippen molar-refractivity contribution in [3.8, 4) is 0 Å². The average molecular weight is 647 g/mol. The Morgan fingerprint density at radius 2 is 1.70 bits per heavy atom. The highest BCUT2D eigenvalue weighted by atomic mass is 35.5. The number of nitrogens with two attached hydrogens (primary N) is 1. The molecule has 0 aliphatic carbocycles. The molecule has 234 valence electrons. The molecule has 43 heavy (non-hydrogen) atoms. The number of hydrogen-bond donors (Lipinski definition) is 2. The van der Waals surface area contributed by atoms with Gasteiger partial charge in [0.15, 0.2) is 17.7 Å². The highest BCUT2D eigenvalue weighted by Gasteiger charge is 2.62. The fourth-order valence-corrected chi connectivity index (χ4v) is 17.9. The van der Waals surface area contributed by atoms with E-state index in [-0.39, 0.29) is 40.5 Å². The summed E-state index contributed by atoms with van der Waals surface area (Å²) in [7, 11) is -5.81. The largest absolute Gasteiger partial charge is 0.414 e. The number of rotatable bonds is 7. The SMILES string of the molecule is CC(C)[Si]1(C(C)C)OC[C@H]2O[C@@H](n3cnc4c(N)ncnc43)[C@H](NC(=O)c3cccc(Cl)c3)[C@@H]2O[Si](C(C)C)(C(C)C)O1. The van der Waals surface area contributed by atoms with Gasteiger partial charge in [0.2, 0.25) is 0 Å². The Hall–Kier alpha value is -2.40. The smallest absolute Gasteiger partial charge is 0.335 e. The van der Waals surface area contributed by atoms with Crippen molar-refractivity contribution in [3.63, 3.8) is 0 Å². The van der Waals surface area contributed by atoms with Crippen LogP contribution in [-0.2, 0) is 17.7 Å². The molecule has 0 spiro atoms. The van der Waals surface area contributed by atoms with E-state index in [0.29, 0.717) is 21.7 Å². The van der Waals surface area contributed by atoms with Crippen molar-refractivity contribution in [3.05, 3.63) is 47.5 Å².